The van der Waals surface area contributed by atoms with Gasteiger partial charge >= 0.3 is 0 Å². The van der Waals surface area contributed by atoms with Crippen LogP contribution in [0, 0.1) is 0 Å². The van der Waals surface area contributed by atoms with Crippen LogP contribution in [0.15, 0.2) is 18.2 Å². The second-order valence-corrected chi connectivity index (χ2v) is 4.14. The number of halogens is 2. The van der Waals surface area contributed by atoms with Gasteiger partial charge in [-0.2, -0.15) is 12.6 Å². The van der Waals surface area contributed by atoms with Gasteiger partial charge in [-0.1, -0.05) is 23.2 Å². The van der Waals surface area contributed by atoms with E-state index >= 15 is 0 Å². The Kier molecular flexibility index (Phi) is 5.53. The van der Waals surface area contributed by atoms with E-state index in [-0.39, 0.29) is 0 Å². The van der Waals surface area contributed by atoms with Crippen molar-refractivity contribution in [1.29, 1.82) is 0 Å². The fraction of sp³-hybridized carbons (Fsp3) is 0.400. The van der Waals surface area contributed by atoms with E-state index in [1.54, 1.807) is 18.2 Å². The summed E-state index contributed by atoms with van der Waals surface area (Å²) in [5.74, 6) is 1.53. The summed E-state index contributed by atoms with van der Waals surface area (Å²) < 4.78 is 5.47. The van der Waals surface area contributed by atoms with Crippen LogP contribution < -0.4 is 4.74 Å². The van der Waals surface area contributed by atoms with Crippen LogP contribution in [-0.2, 0) is 0 Å². The fourth-order valence-electron chi connectivity index (χ4n) is 0.984. The van der Waals surface area contributed by atoms with E-state index in [2.05, 4.69) is 12.6 Å². The molecular weight excluding hydrogens is 239 g/mol. The van der Waals surface area contributed by atoms with Gasteiger partial charge in [0.15, 0.2) is 0 Å². The molecule has 1 aromatic carbocycles. The third-order valence-corrected chi connectivity index (χ3v) is 2.57. The Morgan fingerprint density at radius 2 is 2.00 bits per heavy atom. The minimum atomic E-state index is 0.597. The maximum atomic E-state index is 5.91. The molecule has 1 rings (SSSR count). The van der Waals surface area contributed by atoms with Crippen LogP contribution in [0.25, 0.3) is 0 Å². The van der Waals surface area contributed by atoms with E-state index in [1.165, 1.54) is 0 Å². The first-order valence-corrected chi connectivity index (χ1v) is 5.81. The topological polar surface area (TPSA) is 9.23 Å². The summed E-state index contributed by atoms with van der Waals surface area (Å²) in [4.78, 5) is 0. The molecule has 14 heavy (non-hydrogen) atoms. The largest absolute Gasteiger partial charge is 0.492 e. The van der Waals surface area contributed by atoms with Crippen molar-refractivity contribution in [3.63, 3.8) is 0 Å². The molecule has 0 spiro atoms. The first-order valence-electron chi connectivity index (χ1n) is 4.43. The van der Waals surface area contributed by atoms with Crippen LogP contribution in [0.1, 0.15) is 12.8 Å². The van der Waals surface area contributed by atoms with Gasteiger partial charge in [0.1, 0.15) is 5.75 Å². The number of hydrogen-bond donors (Lipinski definition) is 1. The number of thiol groups is 1. The Hall–Kier alpha value is -0.0500. The van der Waals surface area contributed by atoms with Crippen LogP contribution in [0.2, 0.25) is 10.0 Å². The van der Waals surface area contributed by atoms with Crippen LogP contribution in [0.4, 0.5) is 0 Å². The van der Waals surface area contributed by atoms with Crippen LogP contribution in [0.5, 0.6) is 5.75 Å². The lowest BCUT2D eigenvalue weighted by Crippen LogP contribution is -1.98. The predicted octanol–water partition coefficient (Wildman–Crippen LogP) is 4.08. The quantitative estimate of drug-likeness (QED) is 0.612. The summed E-state index contributed by atoms with van der Waals surface area (Å²) in [6, 6.07) is 5.20. The zero-order chi connectivity index (χ0) is 10.4. The van der Waals surface area contributed by atoms with Crippen molar-refractivity contribution in [2.45, 2.75) is 12.8 Å². The first kappa shape index (κ1) is 12.0. The molecule has 1 aromatic rings. The van der Waals surface area contributed by atoms with E-state index in [0.717, 1.165) is 18.6 Å². The van der Waals surface area contributed by atoms with Gasteiger partial charge < -0.3 is 4.74 Å². The van der Waals surface area contributed by atoms with Gasteiger partial charge in [0.05, 0.1) is 11.6 Å². The summed E-state index contributed by atoms with van der Waals surface area (Å²) in [5.41, 5.74) is 0. The molecule has 78 valence electrons. The van der Waals surface area contributed by atoms with Gasteiger partial charge in [0, 0.05) is 11.1 Å². The molecule has 0 heterocycles. The molecule has 0 aliphatic rings. The smallest absolute Gasteiger partial charge is 0.139 e. The van der Waals surface area contributed by atoms with E-state index in [0.29, 0.717) is 22.4 Å². The normalized spacial score (nSPS) is 10.2. The van der Waals surface area contributed by atoms with Crippen LogP contribution in [0.3, 0.4) is 0 Å². The Morgan fingerprint density at radius 3 is 2.71 bits per heavy atom. The highest BCUT2D eigenvalue weighted by Gasteiger charge is 2.01. The minimum absolute atomic E-state index is 0.597. The molecule has 0 saturated heterocycles. The molecule has 0 saturated carbocycles. The Labute approximate surface area is 99.8 Å². The average molecular weight is 251 g/mol. The van der Waals surface area contributed by atoms with Crippen molar-refractivity contribution in [3.05, 3.63) is 28.2 Å². The molecule has 0 aliphatic carbocycles. The lowest BCUT2D eigenvalue weighted by molar-refractivity contribution is 0.310. The molecular formula is C10H12Cl2OS. The summed E-state index contributed by atoms with van der Waals surface area (Å²) >= 11 is 15.8. The molecule has 0 aliphatic heterocycles. The second-order valence-electron chi connectivity index (χ2n) is 2.85. The molecule has 0 radical (unpaired) electrons. The van der Waals surface area contributed by atoms with Crippen molar-refractivity contribution >= 4 is 35.8 Å². The zero-order valence-electron chi connectivity index (χ0n) is 7.67. The van der Waals surface area contributed by atoms with Crippen molar-refractivity contribution in [3.8, 4) is 5.75 Å². The van der Waals surface area contributed by atoms with Crippen LogP contribution in [-0.4, -0.2) is 12.4 Å². The molecule has 0 unspecified atom stereocenters. The third kappa shape index (κ3) is 3.99. The van der Waals surface area contributed by atoms with E-state index in [1.807, 2.05) is 0 Å². The number of unbranched alkanes of at least 4 members (excludes halogenated alkanes) is 1. The highest BCUT2D eigenvalue weighted by molar-refractivity contribution is 7.80. The zero-order valence-corrected chi connectivity index (χ0v) is 10.1. The fourth-order valence-corrected chi connectivity index (χ4v) is 1.54. The van der Waals surface area contributed by atoms with Crippen molar-refractivity contribution in [2.75, 3.05) is 12.4 Å². The summed E-state index contributed by atoms with van der Waals surface area (Å²) in [6.45, 7) is 0.653. The number of benzene rings is 1. The van der Waals surface area contributed by atoms with Gasteiger partial charge in [0.25, 0.3) is 0 Å². The highest BCUT2D eigenvalue weighted by atomic mass is 35.5. The Balaban J connectivity index is 2.45. The van der Waals surface area contributed by atoms with Crippen molar-refractivity contribution in [2.24, 2.45) is 0 Å². The first-order chi connectivity index (χ1) is 6.74. The summed E-state index contributed by atoms with van der Waals surface area (Å²) in [6.07, 6.45) is 2.02. The molecule has 0 atom stereocenters. The van der Waals surface area contributed by atoms with Gasteiger partial charge in [-0.15, -0.1) is 0 Å². The lowest BCUT2D eigenvalue weighted by atomic mass is 10.3. The SMILES string of the molecule is SCCCCOc1cc(Cl)ccc1Cl. The lowest BCUT2D eigenvalue weighted by Gasteiger charge is -2.07. The maximum absolute atomic E-state index is 5.91. The van der Waals surface area contributed by atoms with E-state index < -0.39 is 0 Å². The number of rotatable bonds is 5. The minimum Gasteiger partial charge on any atom is -0.492 e. The predicted molar refractivity (Wildman–Crippen MR) is 65.0 cm³/mol. The van der Waals surface area contributed by atoms with Gasteiger partial charge in [-0.3, -0.25) is 0 Å². The molecule has 0 bridgehead atoms. The Bertz CT molecular complexity index is 291. The molecule has 4 heteroatoms. The molecule has 1 nitrogen and oxygen atoms in total. The summed E-state index contributed by atoms with van der Waals surface area (Å²) in [7, 11) is 0. The van der Waals surface area contributed by atoms with E-state index in [4.69, 9.17) is 27.9 Å². The van der Waals surface area contributed by atoms with E-state index in [9.17, 15) is 0 Å². The molecule has 0 fully saturated rings. The standard InChI is InChI=1S/C10H12Cl2OS/c11-8-3-4-9(12)10(7-8)13-5-1-2-6-14/h3-4,7,14H,1-2,5-6H2. The number of ether oxygens (including phenoxy) is 1. The highest BCUT2D eigenvalue weighted by Crippen LogP contribution is 2.27. The van der Waals surface area contributed by atoms with Gasteiger partial charge in [0.2, 0.25) is 0 Å². The van der Waals surface area contributed by atoms with Crippen molar-refractivity contribution < 1.29 is 4.74 Å². The second kappa shape index (κ2) is 6.44. The third-order valence-electron chi connectivity index (χ3n) is 1.70. The monoisotopic (exact) mass is 250 g/mol. The number of hydrogen-bond acceptors (Lipinski definition) is 2. The van der Waals surface area contributed by atoms with Crippen molar-refractivity contribution in [1.82, 2.24) is 0 Å². The van der Waals surface area contributed by atoms with Crippen LogP contribution >= 0.6 is 35.8 Å². The van der Waals surface area contributed by atoms with Gasteiger partial charge in [-0.25, -0.2) is 0 Å². The summed E-state index contributed by atoms with van der Waals surface area (Å²) in [5, 5.41) is 1.24. The average Bonchev–Trinajstić information content (AvgIpc) is 2.18. The maximum Gasteiger partial charge on any atom is 0.139 e. The molecule has 0 amide bonds. The Morgan fingerprint density at radius 1 is 1.21 bits per heavy atom. The van der Waals surface area contributed by atoms with Gasteiger partial charge in [-0.05, 0) is 30.7 Å². The molecule has 0 aromatic heterocycles. The molecule has 0 N–H and O–H groups in total.